The second kappa shape index (κ2) is 8.71. The first-order valence-electron chi connectivity index (χ1n) is 8.58. The van der Waals surface area contributed by atoms with E-state index in [-0.39, 0.29) is 5.56 Å². The zero-order valence-corrected chi connectivity index (χ0v) is 15.1. The van der Waals surface area contributed by atoms with Gasteiger partial charge in [0.1, 0.15) is 5.75 Å². The highest BCUT2D eigenvalue weighted by Crippen LogP contribution is 2.14. The van der Waals surface area contributed by atoms with E-state index in [0.29, 0.717) is 19.0 Å². The molecule has 0 fully saturated rings. The van der Waals surface area contributed by atoms with E-state index in [9.17, 15) is 4.79 Å². The van der Waals surface area contributed by atoms with E-state index in [1.807, 2.05) is 54.6 Å². The summed E-state index contributed by atoms with van der Waals surface area (Å²) in [6, 6.07) is 20.6. The Hall–Kier alpha value is -3.54. The van der Waals surface area contributed by atoms with Crippen molar-refractivity contribution in [1.29, 1.82) is 0 Å². The number of hydrogen-bond donors (Lipinski definition) is 2. The first-order chi connectivity index (χ1) is 13.1. The van der Waals surface area contributed by atoms with Crippen LogP contribution in [0.3, 0.4) is 0 Å². The molecule has 0 saturated carbocycles. The molecule has 0 aliphatic rings. The van der Waals surface area contributed by atoms with Gasteiger partial charge < -0.3 is 20.4 Å². The highest BCUT2D eigenvalue weighted by molar-refractivity contribution is 5.92. The fourth-order valence-corrected chi connectivity index (χ4v) is 2.58. The summed E-state index contributed by atoms with van der Waals surface area (Å²) in [5.41, 5.74) is 8.88. The highest BCUT2D eigenvalue weighted by Gasteiger charge is 1.99. The molecule has 0 radical (unpaired) electrons. The number of nitrogens with zero attached hydrogens (tertiary/aromatic N) is 2. The number of nitrogens with one attached hydrogen (secondary N) is 1. The summed E-state index contributed by atoms with van der Waals surface area (Å²) in [5, 5.41) is 3.05. The maximum absolute atomic E-state index is 11.8. The van der Waals surface area contributed by atoms with Crippen LogP contribution in [0.15, 0.2) is 82.7 Å². The van der Waals surface area contributed by atoms with Gasteiger partial charge in [-0.1, -0.05) is 30.3 Å². The lowest BCUT2D eigenvalue weighted by Gasteiger charge is -2.08. The van der Waals surface area contributed by atoms with Crippen molar-refractivity contribution in [3.63, 3.8) is 0 Å². The zero-order chi connectivity index (χ0) is 19.1. The standard InChI is InChI=1S/C21H22N4O2/c1-27-19-11-9-18(10-12-19)24-21(22)23-14-16-5-7-17(8-6-16)15-25-13-3-2-4-20(25)26/h2-13H,14-15H2,1H3,(H3,22,23,24). The van der Waals surface area contributed by atoms with Gasteiger partial charge in [-0.25, -0.2) is 4.99 Å². The molecule has 3 rings (SSSR count). The van der Waals surface area contributed by atoms with Crippen LogP contribution in [0.2, 0.25) is 0 Å². The molecule has 1 aromatic heterocycles. The van der Waals surface area contributed by atoms with Gasteiger partial charge in [0.05, 0.1) is 20.2 Å². The average Bonchev–Trinajstić information content (AvgIpc) is 2.70. The molecular weight excluding hydrogens is 340 g/mol. The minimum Gasteiger partial charge on any atom is -0.497 e. The molecule has 3 N–H and O–H groups in total. The van der Waals surface area contributed by atoms with Crippen LogP contribution in [0.25, 0.3) is 0 Å². The van der Waals surface area contributed by atoms with Crippen molar-refractivity contribution >= 4 is 11.6 Å². The number of aliphatic imine (C=N–C) groups is 1. The minimum absolute atomic E-state index is 0.0106. The van der Waals surface area contributed by atoms with Gasteiger partial charge in [-0.15, -0.1) is 0 Å². The van der Waals surface area contributed by atoms with Crippen LogP contribution in [0.4, 0.5) is 5.69 Å². The number of hydrogen-bond acceptors (Lipinski definition) is 3. The van der Waals surface area contributed by atoms with Gasteiger partial charge >= 0.3 is 0 Å². The Labute approximate surface area is 157 Å². The van der Waals surface area contributed by atoms with Crippen molar-refractivity contribution in [2.45, 2.75) is 13.1 Å². The van der Waals surface area contributed by atoms with Crippen LogP contribution in [0, 0.1) is 0 Å². The third kappa shape index (κ3) is 5.22. The van der Waals surface area contributed by atoms with E-state index in [4.69, 9.17) is 10.5 Å². The van der Waals surface area contributed by atoms with Crippen molar-refractivity contribution < 1.29 is 4.74 Å². The van der Waals surface area contributed by atoms with Crippen molar-refractivity contribution in [3.05, 3.63) is 94.4 Å². The van der Waals surface area contributed by atoms with Crippen LogP contribution >= 0.6 is 0 Å². The number of aromatic nitrogens is 1. The number of methoxy groups -OCH3 is 1. The second-order valence-corrected chi connectivity index (χ2v) is 6.04. The summed E-state index contributed by atoms with van der Waals surface area (Å²) in [4.78, 5) is 16.1. The lowest BCUT2D eigenvalue weighted by atomic mass is 10.1. The predicted molar refractivity (Wildman–Crippen MR) is 108 cm³/mol. The summed E-state index contributed by atoms with van der Waals surface area (Å²) < 4.78 is 6.80. The van der Waals surface area contributed by atoms with Crippen LogP contribution in [-0.4, -0.2) is 17.6 Å². The van der Waals surface area contributed by atoms with Crippen molar-refractivity contribution in [3.8, 4) is 5.75 Å². The number of rotatable bonds is 6. The van der Waals surface area contributed by atoms with E-state index in [1.165, 1.54) is 0 Å². The van der Waals surface area contributed by atoms with Gasteiger partial charge in [0.15, 0.2) is 5.96 Å². The monoisotopic (exact) mass is 362 g/mol. The molecule has 0 unspecified atom stereocenters. The number of guanidine groups is 1. The van der Waals surface area contributed by atoms with Crippen molar-refractivity contribution in [1.82, 2.24) is 4.57 Å². The number of nitrogens with two attached hydrogens (primary N) is 1. The molecule has 0 aliphatic heterocycles. The Morgan fingerprint density at radius 1 is 1.04 bits per heavy atom. The minimum atomic E-state index is -0.0106. The molecule has 0 bridgehead atoms. The topological polar surface area (TPSA) is 81.6 Å². The third-order valence-corrected chi connectivity index (χ3v) is 4.07. The first kappa shape index (κ1) is 18.3. The van der Waals surface area contributed by atoms with Gasteiger partial charge in [-0.2, -0.15) is 0 Å². The fraction of sp³-hybridized carbons (Fsp3) is 0.143. The molecule has 3 aromatic rings. The first-order valence-corrected chi connectivity index (χ1v) is 8.58. The summed E-state index contributed by atoms with van der Waals surface area (Å²) >= 11 is 0. The van der Waals surface area contributed by atoms with Crippen LogP contribution in [-0.2, 0) is 13.1 Å². The molecule has 0 saturated heterocycles. The van der Waals surface area contributed by atoms with E-state index in [2.05, 4.69) is 10.3 Å². The number of anilines is 1. The van der Waals surface area contributed by atoms with Gasteiger partial charge in [0.25, 0.3) is 5.56 Å². The summed E-state index contributed by atoms with van der Waals surface area (Å²) in [5.74, 6) is 1.13. The van der Waals surface area contributed by atoms with E-state index >= 15 is 0 Å². The lowest BCUT2D eigenvalue weighted by molar-refractivity contribution is 0.415. The second-order valence-electron chi connectivity index (χ2n) is 6.04. The fourth-order valence-electron chi connectivity index (χ4n) is 2.58. The van der Waals surface area contributed by atoms with Crippen molar-refractivity contribution in [2.24, 2.45) is 10.7 Å². The summed E-state index contributed by atoms with van der Waals surface area (Å²) in [6.07, 6.45) is 1.78. The molecular formula is C21H22N4O2. The average molecular weight is 362 g/mol. The molecule has 6 heteroatoms. The molecule has 6 nitrogen and oxygen atoms in total. The SMILES string of the molecule is COc1ccc(NC(N)=NCc2ccc(Cn3ccccc3=O)cc2)cc1. The highest BCUT2D eigenvalue weighted by atomic mass is 16.5. The predicted octanol–water partition coefficient (Wildman–Crippen LogP) is 2.83. The normalized spacial score (nSPS) is 11.2. The molecule has 0 aliphatic carbocycles. The number of benzene rings is 2. The maximum Gasteiger partial charge on any atom is 0.250 e. The summed E-state index contributed by atoms with van der Waals surface area (Å²) in [6.45, 7) is 1.02. The Bertz CT molecular complexity index is 960. The van der Waals surface area contributed by atoms with Gasteiger partial charge in [0.2, 0.25) is 0 Å². The smallest absolute Gasteiger partial charge is 0.250 e. The molecule has 0 amide bonds. The Kier molecular flexibility index (Phi) is 5.89. The van der Waals surface area contributed by atoms with E-state index in [0.717, 1.165) is 22.6 Å². The Morgan fingerprint density at radius 3 is 2.41 bits per heavy atom. The number of pyridine rings is 1. The van der Waals surface area contributed by atoms with Crippen LogP contribution < -0.4 is 21.3 Å². The molecule has 0 atom stereocenters. The molecule has 1 heterocycles. The summed E-state index contributed by atoms with van der Waals surface area (Å²) in [7, 11) is 1.63. The Morgan fingerprint density at radius 2 is 1.74 bits per heavy atom. The quantitative estimate of drug-likeness (QED) is 0.522. The largest absolute Gasteiger partial charge is 0.497 e. The zero-order valence-electron chi connectivity index (χ0n) is 15.1. The molecule has 2 aromatic carbocycles. The maximum atomic E-state index is 11.8. The molecule has 27 heavy (non-hydrogen) atoms. The van der Waals surface area contributed by atoms with Crippen LogP contribution in [0.1, 0.15) is 11.1 Å². The van der Waals surface area contributed by atoms with Crippen LogP contribution in [0.5, 0.6) is 5.75 Å². The van der Waals surface area contributed by atoms with Gasteiger partial charge in [-0.3, -0.25) is 4.79 Å². The third-order valence-electron chi connectivity index (χ3n) is 4.07. The van der Waals surface area contributed by atoms with E-state index < -0.39 is 0 Å². The molecule has 138 valence electrons. The molecule has 0 spiro atoms. The van der Waals surface area contributed by atoms with Gasteiger partial charge in [-0.05, 0) is 41.5 Å². The number of ether oxygens (including phenoxy) is 1. The van der Waals surface area contributed by atoms with E-state index in [1.54, 1.807) is 30.0 Å². The van der Waals surface area contributed by atoms with Crippen molar-refractivity contribution in [2.75, 3.05) is 12.4 Å². The lowest BCUT2D eigenvalue weighted by Crippen LogP contribution is -2.22. The Balaban J connectivity index is 1.58. The van der Waals surface area contributed by atoms with Gasteiger partial charge in [0, 0.05) is 18.0 Å².